The van der Waals surface area contributed by atoms with Gasteiger partial charge >= 0.3 is 0 Å². The summed E-state index contributed by atoms with van der Waals surface area (Å²) in [5.74, 6) is 0.0929. The molecule has 3 aromatic rings. The number of benzene rings is 3. The van der Waals surface area contributed by atoms with Crippen LogP contribution in [0.5, 0.6) is 0 Å². The van der Waals surface area contributed by atoms with E-state index in [0.29, 0.717) is 10.4 Å². The summed E-state index contributed by atoms with van der Waals surface area (Å²) in [7, 11) is 2.16. The van der Waals surface area contributed by atoms with Gasteiger partial charge in [-0.2, -0.15) is 0 Å². The number of piperidine rings is 1. The molecule has 0 aromatic heterocycles. The summed E-state index contributed by atoms with van der Waals surface area (Å²) in [5.41, 5.74) is 3.44. The van der Waals surface area contributed by atoms with E-state index in [1.54, 1.807) is 0 Å². The van der Waals surface area contributed by atoms with Crippen LogP contribution < -0.4 is 4.48 Å². The zero-order valence-corrected chi connectivity index (χ0v) is 18.2. The van der Waals surface area contributed by atoms with Gasteiger partial charge in [0, 0.05) is 36.7 Å². The van der Waals surface area contributed by atoms with E-state index in [2.05, 4.69) is 42.3 Å². The summed E-state index contributed by atoms with van der Waals surface area (Å²) < 4.78 is 27.7. The Morgan fingerprint density at radius 1 is 0.774 bits per heavy atom. The molecule has 3 aromatic carbocycles. The zero-order valence-electron chi connectivity index (χ0n) is 18.2. The molecule has 0 radical (unpaired) electrons. The van der Waals surface area contributed by atoms with Crippen molar-refractivity contribution in [2.24, 2.45) is 5.92 Å². The Balaban J connectivity index is 1.43. The molecule has 1 heterocycles. The molecule has 2 nitrogen and oxygen atoms in total. The van der Waals surface area contributed by atoms with E-state index in [-0.39, 0.29) is 11.6 Å². The maximum atomic E-state index is 13.6. The lowest BCUT2D eigenvalue weighted by Gasteiger charge is -2.39. The van der Waals surface area contributed by atoms with E-state index in [0.717, 1.165) is 56.8 Å². The van der Waals surface area contributed by atoms with E-state index in [9.17, 15) is 8.78 Å². The molecule has 4 rings (SSSR count). The van der Waals surface area contributed by atoms with E-state index in [1.165, 1.54) is 29.8 Å². The van der Waals surface area contributed by atoms with Crippen LogP contribution in [0, 0.1) is 17.6 Å². The molecular formula is C27H31F2N2+. The molecule has 4 heteroatoms. The predicted molar refractivity (Wildman–Crippen MR) is 124 cm³/mol. The molecular weight excluding hydrogens is 390 g/mol. The Kier molecular flexibility index (Phi) is 6.79. The first-order valence-corrected chi connectivity index (χ1v) is 11.2. The first-order chi connectivity index (χ1) is 15.0. The second-order valence-electron chi connectivity index (χ2n) is 8.85. The molecule has 0 aliphatic carbocycles. The van der Waals surface area contributed by atoms with Crippen molar-refractivity contribution in [2.75, 3.05) is 33.2 Å². The molecule has 0 spiro atoms. The van der Waals surface area contributed by atoms with Gasteiger partial charge in [-0.05, 0) is 62.2 Å². The molecule has 0 atom stereocenters. The van der Waals surface area contributed by atoms with Crippen molar-refractivity contribution in [1.29, 1.82) is 0 Å². The van der Waals surface area contributed by atoms with Gasteiger partial charge < -0.3 is 4.90 Å². The fraction of sp³-hybridized carbons (Fsp3) is 0.333. The second kappa shape index (κ2) is 9.71. The second-order valence-corrected chi connectivity index (χ2v) is 8.85. The Morgan fingerprint density at radius 2 is 1.29 bits per heavy atom. The molecule has 0 N–H and O–H groups in total. The summed E-state index contributed by atoms with van der Waals surface area (Å²) in [6.07, 6.45) is 3.38. The van der Waals surface area contributed by atoms with Crippen molar-refractivity contribution < 1.29 is 8.78 Å². The highest BCUT2D eigenvalue weighted by molar-refractivity contribution is 5.57. The van der Waals surface area contributed by atoms with Gasteiger partial charge in [-0.15, -0.1) is 0 Å². The van der Waals surface area contributed by atoms with Gasteiger partial charge in [-0.25, -0.2) is 8.78 Å². The zero-order chi connectivity index (χ0) is 21.7. The average Bonchev–Trinajstić information content (AvgIpc) is 2.80. The molecule has 0 saturated carbocycles. The minimum atomic E-state index is -0.235. The Morgan fingerprint density at radius 3 is 1.81 bits per heavy atom. The minimum absolute atomic E-state index is 0.235. The highest BCUT2D eigenvalue weighted by Crippen LogP contribution is 2.36. The van der Waals surface area contributed by atoms with Crippen molar-refractivity contribution in [3.8, 4) is 0 Å². The van der Waals surface area contributed by atoms with Gasteiger partial charge in [0.15, 0.2) is 0 Å². The van der Waals surface area contributed by atoms with Crippen molar-refractivity contribution in [3.05, 3.63) is 96.1 Å². The van der Waals surface area contributed by atoms with E-state index < -0.39 is 0 Å². The maximum absolute atomic E-state index is 13.6. The third kappa shape index (κ3) is 5.38. The number of halogens is 2. The number of hydrogen-bond acceptors (Lipinski definition) is 1. The van der Waals surface area contributed by atoms with Crippen molar-refractivity contribution in [3.63, 3.8) is 0 Å². The van der Waals surface area contributed by atoms with Crippen molar-refractivity contribution >= 4 is 11.4 Å². The van der Waals surface area contributed by atoms with Crippen LogP contribution in [-0.2, 0) is 6.42 Å². The van der Waals surface area contributed by atoms with Crippen LogP contribution in [0.1, 0.15) is 18.4 Å². The largest absolute Gasteiger partial charge is 0.303 e. The van der Waals surface area contributed by atoms with E-state index in [4.69, 9.17) is 0 Å². The molecule has 31 heavy (non-hydrogen) atoms. The lowest BCUT2D eigenvalue weighted by Crippen LogP contribution is -2.47. The van der Waals surface area contributed by atoms with Crippen LogP contribution in [0.25, 0.3) is 0 Å². The third-order valence-electron chi connectivity index (χ3n) is 6.68. The molecule has 0 amide bonds. The Hall–Kier alpha value is -2.56. The number of quaternary nitrogens is 1. The summed E-state index contributed by atoms with van der Waals surface area (Å²) in [6.45, 7) is 4.22. The molecule has 0 unspecified atom stereocenters. The van der Waals surface area contributed by atoms with Crippen LogP contribution in [0.2, 0.25) is 0 Å². The van der Waals surface area contributed by atoms with Crippen LogP contribution in [0.3, 0.4) is 0 Å². The number of nitrogens with zero attached hydrogens (tertiary/aromatic N) is 2. The highest BCUT2D eigenvalue weighted by Gasteiger charge is 2.33. The lowest BCUT2D eigenvalue weighted by molar-refractivity contribution is 0.170. The quantitative estimate of drug-likeness (QED) is 0.411. The molecule has 1 aliphatic rings. The van der Waals surface area contributed by atoms with Crippen molar-refractivity contribution in [2.45, 2.75) is 19.3 Å². The fourth-order valence-electron chi connectivity index (χ4n) is 4.74. The van der Waals surface area contributed by atoms with Gasteiger partial charge in [0.25, 0.3) is 0 Å². The SMILES string of the molecule is C[N+](CC1CCN(CCc2ccccc2)CC1)(c1ccc(F)cc1)c1ccc(F)cc1. The first-order valence-electron chi connectivity index (χ1n) is 11.2. The van der Waals surface area contributed by atoms with E-state index in [1.807, 2.05) is 24.3 Å². The monoisotopic (exact) mass is 421 g/mol. The standard InChI is InChI=1S/C27H31F2N2/c1-31(26-11-7-24(28)8-12-26,27-13-9-25(29)10-14-27)21-23-16-19-30(20-17-23)18-15-22-5-3-2-4-6-22/h2-14,23H,15-21H2,1H3/q+1. The van der Waals surface area contributed by atoms with Gasteiger partial charge in [0.2, 0.25) is 0 Å². The van der Waals surface area contributed by atoms with Gasteiger partial charge in [0.1, 0.15) is 23.0 Å². The van der Waals surface area contributed by atoms with Crippen LogP contribution in [0.4, 0.5) is 20.2 Å². The van der Waals surface area contributed by atoms with Crippen molar-refractivity contribution in [1.82, 2.24) is 9.38 Å². The number of hydrogen-bond donors (Lipinski definition) is 0. The Labute approximate surface area is 184 Å². The van der Waals surface area contributed by atoms with Gasteiger partial charge in [-0.1, -0.05) is 30.3 Å². The van der Waals surface area contributed by atoms with Gasteiger partial charge in [-0.3, -0.25) is 4.48 Å². The van der Waals surface area contributed by atoms with E-state index >= 15 is 0 Å². The summed E-state index contributed by atoms with van der Waals surface area (Å²) in [5, 5.41) is 0. The summed E-state index contributed by atoms with van der Waals surface area (Å²) >= 11 is 0. The molecule has 1 aliphatic heterocycles. The predicted octanol–water partition coefficient (Wildman–Crippen LogP) is 6.19. The smallest absolute Gasteiger partial charge is 0.137 e. The normalized spacial score (nSPS) is 15.8. The molecule has 1 fully saturated rings. The maximum Gasteiger partial charge on any atom is 0.137 e. The van der Waals surface area contributed by atoms with Gasteiger partial charge in [0.05, 0.1) is 13.6 Å². The third-order valence-corrected chi connectivity index (χ3v) is 6.68. The topological polar surface area (TPSA) is 3.24 Å². The molecule has 1 saturated heterocycles. The number of likely N-dealkylation sites (tertiary alicyclic amines) is 1. The average molecular weight is 422 g/mol. The number of rotatable bonds is 7. The fourth-order valence-corrected chi connectivity index (χ4v) is 4.74. The summed E-state index contributed by atoms with van der Waals surface area (Å²) in [4.78, 5) is 2.56. The van der Waals surface area contributed by atoms with Crippen LogP contribution in [-0.4, -0.2) is 38.1 Å². The van der Waals surface area contributed by atoms with Crippen LogP contribution >= 0.6 is 0 Å². The first kappa shape index (κ1) is 21.7. The lowest BCUT2D eigenvalue weighted by atomic mass is 9.94. The minimum Gasteiger partial charge on any atom is -0.303 e. The van der Waals surface area contributed by atoms with Crippen LogP contribution in [0.15, 0.2) is 78.9 Å². The molecule has 0 bridgehead atoms. The Bertz CT molecular complexity index is 901. The highest BCUT2D eigenvalue weighted by atomic mass is 19.1. The summed E-state index contributed by atoms with van der Waals surface area (Å²) in [6, 6.07) is 24.1. The molecule has 162 valence electrons.